The molecule has 0 radical (unpaired) electrons. The number of carboxylic acid groups (broad SMARTS) is 2. The molecule has 14 heteroatoms. The molecule has 0 aliphatic heterocycles. The fraction of sp³-hybridized carbons (Fsp3) is 0.688. The molecule has 0 aromatic rings. The molecule has 11 N–H and O–H groups in total. The number of hydrogen-bond acceptors (Lipinski definition) is 9. The number of aliphatic hydroxyl groups excluding tert-OH is 2. The van der Waals surface area contributed by atoms with Crippen LogP contribution >= 0.6 is 0 Å². The number of carbonyl (C=O) groups is 5. The number of hydrogen-bond donors (Lipinski definition) is 9. The number of nitrogens with one attached hydrogen (secondary N) is 3. The van der Waals surface area contributed by atoms with Crippen LogP contribution in [0.15, 0.2) is 0 Å². The van der Waals surface area contributed by atoms with Crippen molar-refractivity contribution in [1.29, 1.82) is 0 Å². The molecule has 0 fully saturated rings. The van der Waals surface area contributed by atoms with Crippen LogP contribution in [-0.2, 0) is 24.0 Å². The Hall–Kier alpha value is -2.81. The van der Waals surface area contributed by atoms with Gasteiger partial charge in [-0.2, -0.15) is 0 Å². The van der Waals surface area contributed by atoms with Crippen molar-refractivity contribution in [3.8, 4) is 0 Å². The Morgan fingerprint density at radius 2 is 1.30 bits per heavy atom. The number of carbonyl (C=O) groups excluding carboxylic acids is 3. The van der Waals surface area contributed by atoms with Crippen molar-refractivity contribution in [2.75, 3.05) is 19.8 Å². The van der Waals surface area contributed by atoms with E-state index in [0.29, 0.717) is 19.4 Å². The van der Waals surface area contributed by atoms with E-state index in [1.54, 1.807) is 0 Å². The molecule has 0 aliphatic carbocycles. The third-order valence-electron chi connectivity index (χ3n) is 3.92. The molecule has 172 valence electrons. The number of nitrogens with two attached hydrogens (primary N) is 2. The predicted molar refractivity (Wildman–Crippen MR) is 101 cm³/mol. The zero-order valence-corrected chi connectivity index (χ0v) is 16.2. The van der Waals surface area contributed by atoms with Gasteiger partial charge in [0.05, 0.1) is 19.6 Å². The van der Waals surface area contributed by atoms with Crippen LogP contribution in [0.5, 0.6) is 0 Å². The van der Waals surface area contributed by atoms with Gasteiger partial charge in [-0.3, -0.25) is 19.2 Å². The van der Waals surface area contributed by atoms with Gasteiger partial charge in [-0.1, -0.05) is 0 Å². The van der Waals surface area contributed by atoms with Crippen LogP contribution in [0.1, 0.15) is 25.7 Å². The minimum atomic E-state index is -1.70. The predicted octanol–water partition coefficient (Wildman–Crippen LogP) is -4.56. The Balaban J connectivity index is 5.37. The number of unbranched alkanes of at least 4 members (excludes halogenated alkanes) is 1. The maximum absolute atomic E-state index is 12.6. The van der Waals surface area contributed by atoms with Gasteiger partial charge in [0.25, 0.3) is 0 Å². The molecule has 0 saturated carbocycles. The average molecular weight is 435 g/mol. The Morgan fingerprint density at radius 3 is 1.77 bits per heavy atom. The highest BCUT2D eigenvalue weighted by atomic mass is 16.4. The number of aliphatic carboxylic acids is 2. The van der Waals surface area contributed by atoms with Crippen molar-refractivity contribution in [3.63, 3.8) is 0 Å². The number of carboxylic acids is 2. The molecule has 0 aliphatic rings. The summed E-state index contributed by atoms with van der Waals surface area (Å²) in [4.78, 5) is 58.7. The third kappa shape index (κ3) is 10.1. The topological polar surface area (TPSA) is 254 Å². The van der Waals surface area contributed by atoms with Gasteiger partial charge in [-0.15, -0.1) is 0 Å². The molecule has 3 amide bonds. The van der Waals surface area contributed by atoms with Crippen LogP contribution < -0.4 is 27.4 Å². The maximum atomic E-state index is 12.6. The molecule has 30 heavy (non-hydrogen) atoms. The number of rotatable bonds is 15. The highest BCUT2D eigenvalue weighted by Crippen LogP contribution is 2.04. The normalized spacial score (nSPS) is 14.7. The monoisotopic (exact) mass is 435 g/mol. The lowest BCUT2D eigenvalue weighted by Crippen LogP contribution is -2.58. The van der Waals surface area contributed by atoms with Crippen LogP contribution in [-0.4, -0.2) is 94.0 Å². The van der Waals surface area contributed by atoms with E-state index in [0.717, 1.165) is 0 Å². The van der Waals surface area contributed by atoms with Crippen molar-refractivity contribution in [1.82, 2.24) is 16.0 Å². The molecule has 4 atom stereocenters. The molecule has 4 unspecified atom stereocenters. The first-order chi connectivity index (χ1) is 14.1. The van der Waals surface area contributed by atoms with E-state index in [1.165, 1.54) is 0 Å². The summed E-state index contributed by atoms with van der Waals surface area (Å²) in [7, 11) is 0. The summed E-state index contributed by atoms with van der Waals surface area (Å²) in [6, 6.07) is -5.88. The zero-order chi connectivity index (χ0) is 23.3. The summed E-state index contributed by atoms with van der Waals surface area (Å²) in [6.45, 7) is -1.31. The quantitative estimate of drug-likeness (QED) is 0.111. The summed E-state index contributed by atoms with van der Waals surface area (Å²) in [5.41, 5.74) is 10.8. The second kappa shape index (κ2) is 14.2. The molecule has 0 heterocycles. The van der Waals surface area contributed by atoms with Gasteiger partial charge in [0.15, 0.2) is 0 Å². The van der Waals surface area contributed by atoms with Crippen LogP contribution in [0, 0.1) is 0 Å². The van der Waals surface area contributed by atoms with Crippen molar-refractivity contribution in [3.05, 3.63) is 0 Å². The van der Waals surface area contributed by atoms with Crippen molar-refractivity contribution >= 4 is 29.7 Å². The standard InChI is InChI=1S/C16H29N5O9/c17-4-2-1-3-9(19-13(26)8(18)6-22)14(27)20-10(5-12(24)25)15(28)21-11(7-23)16(29)30/h8-11,22-23H,1-7,17-18H2,(H,19,26)(H,20,27)(H,21,28)(H,24,25)(H,29,30). The van der Waals surface area contributed by atoms with Crippen molar-refractivity contribution < 1.29 is 44.4 Å². The highest BCUT2D eigenvalue weighted by molar-refractivity contribution is 5.95. The van der Waals surface area contributed by atoms with Gasteiger partial charge in [0, 0.05) is 0 Å². The van der Waals surface area contributed by atoms with Gasteiger partial charge in [-0.05, 0) is 25.8 Å². The van der Waals surface area contributed by atoms with Gasteiger partial charge in [-0.25, -0.2) is 4.79 Å². The van der Waals surface area contributed by atoms with Crippen molar-refractivity contribution in [2.24, 2.45) is 11.5 Å². The van der Waals surface area contributed by atoms with Crippen LogP contribution in [0.2, 0.25) is 0 Å². The van der Waals surface area contributed by atoms with E-state index in [2.05, 4.69) is 10.6 Å². The molecule has 0 saturated heterocycles. The molecule has 0 aromatic carbocycles. The molecule has 0 bridgehead atoms. The number of amides is 3. The lowest BCUT2D eigenvalue weighted by Gasteiger charge is -2.24. The molecular weight excluding hydrogens is 406 g/mol. The highest BCUT2D eigenvalue weighted by Gasteiger charge is 2.31. The summed E-state index contributed by atoms with van der Waals surface area (Å²) < 4.78 is 0. The fourth-order valence-corrected chi connectivity index (χ4v) is 2.24. The second-order valence-electron chi connectivity index (χ2n) is 6.38. The SMILES string of the molecule is NCCCCC(NC(=O)C(N)CO)C(=O)NC(CC(=O)O)C(=O)NC(CO)C(=O)O. The van der Waals surface area contributed by atoms with E-state index < -0.39 is 73.5 Å². The number of aliphatic hydroxyl groups is 2. The van der Waals surface area contributed by atoms with Gasteiger partial charge in [0.1, 0.15) is 24.2 Å². The van der Waals surface area contributed by atoms with E-state index in [-0.39, 0.29) is 6.42 Å². The van der Waals surface area contributed by atoms with E-state index in [1.807, 2.05) is 5.32 Å². The molecule has 0 aromatic heterocycles. The summed E-state index contributed by atoms with van der Waals surface area (Å²) in [5, 5.41) is 42.2. The second-order valence-corrected chi connectivity index (χ2v) is 6.38. The summed E-state index contributed by atoms with van der Waals surface area (Å²) in [6.07, 6.45) is 0.129. The lowest BCUT2D eigenvalue weighted by molar-refractivity contribution is -0.144. The largest absolute Gasteiger partial charge is 0.481 e. The summed E-state index contributed by atoms with van der Waals surface area (Å²) >= 11 is 0. The third-order valence-corrected chi connectivity index (χ3v) is 3.92. The Bertz CT molecular complexity index is 616. The molecular formula is C16H29N5O9. The van der Waals surface area contributed by atoms with Gasteiger partial charge < -0.3 is 47.8 Å². The van der Waals surface area contributed by atoms with Gasteiger partial charge >= 0.3 is 11.9 Å². The van der Waals surface area contributed by atoms with Crippen molar-refractivity contribution in [2.45, 2.75) is 49.9 Å². The smallest absolute Gasteiger partial charge is 0.328 e. The average Bonchev–Trinajstić information content (AvgIpc) is 2.69. The minimum Gasteiger partial charge on any atom is -0.481 e. The maximum Gasteiger partial charge on any atom is 0.328 e. The van der Waals surface area contributed by atoms with Gasteiger partial charge in [0.2, 0.25) is 17.7 Å². The fourth-order valence-electron chi connectivity index (χ4n) is 2.24. The Kier molecular flexibility index (Phi) is 12.9. The summed E-state index contributed by atoms with van der Waals surface area (Å²) in [5.74, 6) is -5.92. The molecule has 0 rings (SSSR count). The first-order valence-corrected chi connectivity index (χ1v) is 9.10. The molecule has 14 nitrogen and oxygen atoms in total. The first-order valence-electron chi connectivity index (χ1n) is 9.10. The Labute approximate surface area is 172 Å². The van der Waals surface area contributed by atoms with Crippen LogP contribution in [0.4, 0.5) is 0 Å². The van der Waals surface area contributed by atoms with E-state index in [4.69, 9.17) is 31.9 Å². The van der Waals surface area contributed by atoms with E-state index >= 15 is 0 Å². The van der Waals surface area contributed by atoms with Crippen LogP contribution in [0.3, 0.4) is 0 Å². The lowest BCUT2D eigenvalue weighted by atomic mass is 10.1. The molecule has 0 spiro atoms. The van der Waals surface area contributed by atoms with Crippen LogP contribution in [0.25, 0.3) is 0 Å². The Morgan fingerprint density at radius 1 is 0.767 bits per heavy atom. The minimum absolute atomic E-state index is 0.0860. The first kappa shape index (κ1) is 27.2. The zero-order valence-electron chi connectivity index (χ0n) is 16.2. The van der Waals surface area contributed by atoms with E-state index in [9.17, 15) is 24.0 Å².